The second-order valence-corrected chi connectivity index (χ2v) is 4.52. The van der Waals surface area contributed by atoms with Crippen molar-refractivity contribution in [2.45, 2.75) is 26.0 Å². The summed E-state index contributed by atoms with van der Waals surface area (Å²) in [5.41, 5.74) is 1.00. The number of hydrogen-bond donors (Lipinski definition) is 0. The molecule has 0 aliphatic heterocycles. The van der Waals surface area contributed by atoms with Crippen LogP contribution < -0.4 is 0 Å². The minimum Gasteiger partial charge on any atom is -0.259 e. The summed E-state index contributed by atoms with van der Waals surface area (Å²) in [6, 6.07) is 0. The monoisotopic (exact) mass is 146 g/mol. The van der Waals surface area contributed by atoms with Crippen LogP contribution in [-0.4, -0.2) is 15.2 Å². The Bertz CT molecular complexity index is 127. The van der Waals surface area contributed by atoms with Crippen molar-refractivity contribution in [3.8, 4) is 0 Å². The summed E-state index contributed by atoms with van der Waals surface area (Å²) >= 11 is 0. The van der Waals surface area contributed by atoms with Crippen LogP contribution in [0.15, 0.2) is 12.2 Å². The Morgan fingerprint density at radius 1 is 1.67 bits per heavy atom. The molecule has 0 aromatic rings. The van der Waals surface area contributed by atoms with Gasteiger partial charge >= 0.3 is 0 Å². The van der Waals surface area contributed by atoms with Crippen molar-refractivity contribution >= 4 is 10.8 Å². The zero-order chi connectivity index (χ0) is 7.44. The van der Waals surface area contributed by atoms with Gasteiger partial charge in [-0.3, -0.25) is 4.21 Å². The highest BCUT2D eigenvalue weighted by Crippen LogP contribution is 1.98. The van der Waals surface area contributed by atoms with Crippen molar-refractivity contribution < 1.29 is 4.21 Å². The Kier molecular flexibility index (Phi) is 3.78. The summed E-state index contributed by atoms with van der Waals surface area (Å²) in [5.74, 6) is 0.650. The molecule has 0 heterocycles. The van der Waals surface area contributed by atoms with Crippen LogP contribution >= 0.6 is 0 Å². The summed E-state index contributed by atoms with van der Waals surface area (Å²) in [5, 5.41) is 0.265. The Balaban J connectivity index is 3.64. The van der Waals surface area contributed by atoms with Crippen molar-refractivity contribution in [1.82, 2.24) is 0 Å². The first kappa shape index (κ1) is 8.89. The molecule has 0 fully saturated rings. The fourth-order valence-corrected chi connectivity index (χ4v) is 1.23. The quantitative estimate of drug-likeness (QED) is 0.554. The molecule has 0 saturated heterocycles. The molecule has 0 radical (unpaired) electrons. The minimum atomic E-state index is -0.701. The van der Waals surface area contributed by atoms with Crippen LogP contribution in [0.3, 0.4) is 0 Å². The van der Waals surface area contributed by atoms with Crippen LogP contribution in [0.2, 0.25) is 0 Å². The largest absolute Gasteiger partial charge is 0.259 e. The third-order valence-corrected chi connectivity index (χ3v) is 2.74. The van der Waals surface area contributed by atoms with Crippen LogP contribution in [0.5, 0.6) is 0 Å². The minimum absolute atomic E-state index is 0.265. The average Bonchev–Trinajstić information content (AvgIpc) is 1.63. The molecule has 1 unspecified atom stereocenters. The highest BCUT2D eigenvalue weighted by Gasteiger charge is 2.03. The van der Waals surface area contributed by atoms with E-state index in [0.717, 1.165) is 5.57 Å². The van der Waals surface area contributed by atoms with Crippen LogP contribution in [-0.2, 0) is 10.8 Å². The summed E-state index contributed by atoms with van der Waals surface area (Å²) in [6.07, 6.45) is 0. The van der Waals surface area contributed by atoms with Gasteiger partial charge in [-0.15, -0.1) is 0 Å². The van der Waals surface area contributed by atoms with E-state index in [2.05, 4.69) is 6.58 Å². The Labute approximate surface area is 59.6 Å². The SMILES string of the molecule is C=C(C)CS(=O)C(C)C. The lowest BCUT2D eigenvalue weighted by Gasteiger charge is -2.02. The summed E-state index contributed by atoms with van der Waals surface area (Å²) in [7, 11) is -0.701. The van der Waals surface area contributed by atoms with Gasteiger partial charge < -0.3 is 0 Å². The first-order chi connectivity index (χ1) is 4.04. The molecule has 0 N–H and O–H groups in total. The van der Waals surface area contributed by atoms with Gasteiger partial charge in [0.2, 0.25) is 0 Å². The van der Waals surface area contributed by atoms with E-state index in [9.17, 15) is 4.21 Å². The molecule has 0 amide bonds. The van der Waals surface area contributed by atoms with Gasteiger partial charge in [0.05, 0.1) is 0 Å². The van der Waals surface area contributed by atoms with Crippen LogP contribution in [0.25, 0.3) is 0 Å². The average molecular weight is 146 g/mol. The lowest BCUT2D eigenvalue weighted by atomic mass is 10.4. The smallest absolute Gasteiger partial charge is 0.0442 e. The summed E-state index contributed by atoms with van der Waals surface area (Å²) in [6.45, 7) is 9.50. The Morgan fingerprint density at radius 3 is 2.22 bits per heavy atom. The molecule has 0 aromatic heterocycles. The molecule has 9 heavy (non-hydrogen) atoms. The topological polar surface area (TPSA) is 17.1 Å². The first-order valence-corrected chi connectivity index (χ1v) is 4.43. The van der Waals surface area contributed by atoms with Gasteiger partial charge in [-0.25, -0.2) is 0 Å². The molecule has 1 atom stereocenters. The van der Waals surface area contributed by atoms with E-state index >= 15 is 0 Å². The van der Waals surface area contributed by atoms with Gasteiger partial charge in [-0.05, 0) is 6.92 Å². The molecular formula is C7H14OS. The third-order valence-electron chi connectivity index (χ3n) is 0.914. The van der Waals surface area contributed by atoms with Crippen LogP contribution in [0, 0.1) is 0 Å². The van der Waals surface area contributed by atoms with Crippen LogP contribution in [0.4, 0.5) is 0 Å². The van der Waals surface area contributed by atoms with E-state index in [-0.39, 0.29) is 5.25 Å². The zero-order valence-electron chi connectivity index (χ0n) is 6.31. The standard InChI is InChI=1S/C7H14OS/c1-6(2)5-9(8)7(3)4/h7H,1,5H2,2-4H3. The van der Waals surface area contributed by atoms with Crippen LogP contribution in [0.1, 0.15) is 20.8 Å². The van der Waals surface area contributed by atoms with Crippen molar-refractivity contribution in [1.29, 1.82) is 0 Å². The van der Waals surface area contributed by atoms with Gasteiger partial charge in [-0.1, -0.05) is 26.0 Å². The maximum Gasteiger partial charge on any atom is 0.0442 e. The Morgan fingerprint density at radius 2 is 2.11 bits per heavy atom. The molecular weight excluding hydrogens is 132 g/mol. The van der Waals surface area contributed by atoms with Crippen molar-refractivity contribution in [2.24, 2.45) is 0 Å². The lowest BCUT2D eigenvalue weighted by molar-refractivity contribution is 0.678. The van der Waals surface area contributed by atoms with Crippen molar-refractivity contribution in [3.63, 3.8) is 0 Å². The molecule has 0 rings (SSSR count). The van der Waals surface area contributed by atoms with E-state index in [1.54, 1.807) is 0 Å². The van der Waals surface area contributed by atoms with E-state index in [4.69, 9.17) is 0 Å². The highest BCUT2D eigenvalue weighted by atomic mass is 32.2. The molecule has 0 spiro atoms. The maximum absolute atomic E-state index is 11.0. The number of hydrogen-bond acceptors (Lipinski definition) is 1. The van der Waals surface area contributed by atoms with E-state index in [1.165, 1.54) is 0 Å². The molecule has 54 valence electrons. The molecule has 1 nitrogen and oxygen atoms in total. The van der Waals surface area contributed by atoms with Crippen molar-refractivity contribution in [2.75, 3.05) is 5.75 Å². The number of rotatable bonds is 3. The molecule has 0 aliphatic carbocycles. The fraction of sp³-hybridized carbons (Fsp3) is 0.714. The van der Waals surface area contributed by atoms with Gasteiger partial charge in [0.15, 0.2) is 0 Å². The summed E-state index contributed by atoms with van der Waals surface area (Å²) in [4.78, 5) is 0. The van der Waals surface area contributed by atoms with Gasteiger partial charge in [-0.2, -0.15) is 0 Å². The van der Waals surface area contributed by atoms with Crippen molar-refractivity contribution in [3.05, 3.63) is 12.2 Å². The molecule has 0 aliphatic rings. The normalized spacial score (nSPS) is 13.8. The molecule has 2 heteroatoms. The third kappa shape index (κ3) is 4.40. The van der Waals surface area contributed by atoms with Gasteiger partial charge in [0.25, 0.3) is 0 Å². The fourth-order valence-electron chi connectivity index (χ4n) is 0.410. The van der Waals surface area contributed by atoms with E-state index in [1.807, 2.05) is 20.8 Å². The predicted molar refractivity (Wildman–Crippen MR) is 43.0 cm³/mol. The van der Waals surface area contributed by atoms with E-state index < -0.39 is 10.8 Å². The second-order valence-electron chi connectivity index (χ2n) is 2.53. The first-order valence-electron chi connectivity index (χ1n) is 3.05. The zero-order valence-corrected chi connectivity index (χ0v) is 7.12. The summed E-state index contributed by atoms with van der Waals surface area (Å²) < 4.78 is 11.0. The lowest BCUT2D eigenvalue weighted by Crippen LogP contribution is -2.09. The molecule has 0 bridgehead atoms. The molecule has 0 saturated carbocycles. The van der Waals surface area contributed by atoms with Gasteiger partial charge in [0, 0.05) is 21.8 Å². The Hall–Kier alpha value is -0.110. The predicted octanol–water partition coefficient (Wildman–Crippen LogP) is 1.72. The van der Waals surface area contributed by atoms with E-state index in [0.29, 0.717) is 5.75 Å². The second kappa shape index (κ2) is 3.83. The highest BCUT2D eigenvalue weighted by molar-refractivity contribution is 7.85. The van der Waals surface area contributed by atoms with Gasteiger partial charge in [0.1, 0.15) is 0 Å². The molecule has 0 aromatic carbocycles. The maximum atomic E-state index is 11.0.